The molecule has 16 heavy (non-hydrogen) atoms. The smallest absolute Gasteiger partial charge is 0.0785 e. The summed E-state index contributed by atoms with van der Waals surface area (Å²) in [6, 6.07) is 1.21. The molecule has 1 rings (SSSR count). The molecule has 1 saturated heterocycles. The van der Waals surface area contributed by atoms with Crippen molar-refractivity contribution in [3.05, 3.63) is 0 Å². The Morgan fingerprint density at radius 3 is 3.00 bits per heavy atom. The molecule has 0 aromatic rings. The molecule has 0 aromatic carbocycles. The highest BCUT2D eigenvalue weighted by Gasteiger charge is 2.16. The van der Waals surface area contributed by atoms with Crippen molar-refractivity contribution in [2.75, 3.05) is 26.8 Å². The van der Waals surface area contributed by atoms with E-state index >= 15 is 0 Å². The summed E-state index contributed by atoms with van der Waals surface area (Å²) in [4.78, 5) is 0. The van der Waals surface area contributed by atoms with E-state index in [0.717, 1.165) is 13.0 Å². The van der Waals surface area contributed by atoms with Gasteiger partial charge in [0.1, 0.15) is 0 Å². The Bertz CT molecular complexity index is 172. The minimum absolute atomic E-state index is 0.339. The van der Waals surface area contributed by atoms with Gasteiger partial charge in [-0.15, -0.1) is 0 Å². The largest absolute Gasteiger partial charge is 0.391 e. The maximum absolute atomic E-state index is 9.47. The van der Waals surface area contributed by atoms with Crippen LogP contribution >= 0.6 is 0 Å². The molecule has 4 nitrogen and oxygen atoms in total. The lowest BCUT2D eigenvalue weighted by molar-refractivity contribution is 0.0590. The Morgan fingerprint density at radius 1 is 1.56 bits per heavy atom. The molecule has 1 aliphatic rings. The van der Waals surface area contributed by atoms with Crippen molar-refractivity contribution in [1.29, 1.82) is 0 Å². The van der Waals surface area contributed by atoms with Gasteiger partial charge in [-0.05, 0) is 45.7 Å². The standard InChI is InChI=1S/C12H26N2O2/c1-10(8-11-4-3-6-14-11)13-7-5-12(15)9-16-2/h10-15H,3-9H2,1-2H3. The van der Waals surface area contributed by atoms with Crippen LogP contribution in [-0.4, -0.2) is 50.1 Å². The summed E-state index contributed by atoms with van der Waals surface area (Å²) < 4.78 is 4.88. The Morgan fingerprint density at radius 2 is 2.38 bits per heavy atom. The zero-order valence-electron chi connectivity index (χ0n) is 10.5. The predicted octanol–water partition coefficient (Wildman–Crippen LogP) is 0.504. The van der Waals surface area contributed by atoms with Crippen molar-refractivity contribution in [2.45, 2.75) is 50.8 Å². The van der Waals surface area contributed by atoms with Crippen LogP contribution in [0.1, 0.15) is 32.6 Å². The number of rotatable bonds is 8. The highest BCUT2D eigenvalue weighted by molar-refractivity contribution is 4.78. The van der Waals surface area contributed by atoms with Crippen LogP contribution in [0.15, 0.2) is 0 Å². The maximum Gasteiger partial charge on any atom is 0.0785 e. The van der Waals surface area contributed by atoms with Gasteiger partial charge in [-0.2, -0.15) is 0 Å². The van der Waals surface area contributed by atoms with Crippen LogP contribution in [0.3, 0.4) is 0 Å². The first kappa shape index (κ1) is 13.9. The maximum atomic E-state index is 9.47. The molecular formula is C12H26N2O2. The fourth-order valence-corrected chi connectivity index (χ4v) is 2.24. The first-order valence-corrected chi connectivity index (χ1v) is 6.36. The van der Waals surface area contributed by atoms with Crippen molar-refractivity contribution < 1.29 is 9.84 Å². The van der Waals surface area contributed by atoms with E-state index in [4.69, 9.17) is 4.74 Å². The average molecular weight is 230 g/mol. The van der Waals surface area contributed by atoms with Crippen LogP contribution in [0.5, 0.6) is 0 Å². The number of aliphatic hydroxyl groups is 1. The Balaban J connectivity index is 1.98. The minimum Gasteiger partial charge on any atom is -0.391 e. The van der Waals surface area contributed by atoms with E-state index in [1.807, 2.05) is 0 Å². The molecule has 3 atom stereocenters. The van der Waals surface area contributed by atoms with E-state index in [-0.39, 0.29) is 6.10 Å². The third-order valence-electron chi connectivity index (χ3n) is 3.13. The summed E-state index contributed by atoms with van der Waals surface area (Å²) in [5.74, 6) is 0. The number of nitrogens with one attached hydrogen (secondary N) is 2. The molecule has 3 N–H and O–H groups in total. The van der Waals surface area contributed by atoms with Crippen LogP contribution in [0.25, 0.3) is 0 Å². The van der Waals surface area contributed by atoms with Crippen molar-refractivity contribution in [2.24, 2.45) is 0 Å². The number of hydrogen-bond acceptors (Lipinski definition) is 4. The van der Waals surface area contributed by atoms with Crippen molar-refractivity contribution in [3.63, 3.8) is 0 Å². The van der Waals surface area contributed by atoms with E-state index in [9.17, 15) is 5.11 Å². The molecule has 3 unspecified atom stereocenters. The van der Waals surface area contributed by atoms with Crippen molar-refractivity contribution >= 4 is 0 Å². The van der Waals surface area contributed by atoms with Gasteiger partial charge < -0.3 is 20.5 Å². The fraction of sp³-hybridized carbons (Fsp3) is 1.00. The van der Waals surface area contributed by atoms with Crippen LogP contribution in [0.4, 0.5) is 0 Å². The highest BCUT2D eigenvalue weighted by atomic mass is 16.5. The van der Waals surface area contributed by atoms with Gasteiger partial charge in [0.25, 0.3) is 0 Å². The molecule has 0 aliphatic carbocycles. The monoisotopic (exact) mass is 230 g/mol. The van der Waals surface area contributed by atoms with Gasteiger partial charge in [0.15, 0.2) is 0 Å². The third-order valence-corrected chi connectivity index (χ3v) is 3.13. The zero-order valence-corrected chi connectivity index (χ0v) is 10.5. The van der Waals surface area contributed by atoms with Gasteiger partial charge in [0, 0.05) is 19.2 Å². The normalized spacial score (nSPS) is 24.6. The summed E-state index contributed by atoms with van der Waals surface area (Å²) in [5.41, 5.74) is 0. The molecule has 0 bridgehead atoms. The van der Waals surface area contributed by atoms with Crippen LogP contribution < -0.4 is 10.6 Å². The van der Waals surface area contributed by atoms with Gasteiger partial charge in [0.2, 0.25) is 0 Å². The van der Waals surface area contributed by atoms with Gasteiger partial charge in [-0.3, -0.25) is 0 Å². The van der Waals surface area contributed by atoms with E-state index in [1.54, 1.807) is 7.11 Å². The van der Waals surface area contributed by atoms with Gasteiger partial charge in [0.05, 0.1) is 12.7 Å². The predicted molar refractivity (Wildman–Crippen MR) is 65.6 cm³/mol. The van der Waals surface area contributed by atoms with Gasteiger partial charge >= 0.3 is 0 Å². The van der Waals surface area contributed by atoms with Gasteiger partial charge in [-0.25, -0.2) is 0 Å². The molecule has 1 fully saturated rings. The second-order valence-electron chi connectivity index (χ2n) is 4.78. The number of methoxy groups -OCH3 is 1. The highest BCUT2D eigenvalue weighted by Crippen LogP contribution is 2.10. The first-order chi connectivity index (χ1) is 7.72. The van der Waals surface area contributed by atoms with E-state index in [2.05, 4.69) is 17.6 Å². The second-order valence-corrected chi connectivity index (χ2v) is 4.78. The topological polar surface area (TPSA) is 53.5 Å². The van der Waals surface area contributed by atoms with E-state index < -0.39 is 0 Å². The van der Waals surface area contributed by atoms with Crippen molar-refractivity contribution in [3.8, 4) is 0 Å². The second kappa shape index (κ2) is 8.01. The zero-order chi connectivity index (χ0) is 11.8. The molecule has 0 amide bonds. The quantitative estimate of drug-likeness (QED) is 0.568. The molecule has 0 saturated carbocycles. The summed E-state index contributed by atoms with van der Waals surface area (Å²) in [7, 11) is 1.62. The van der Waals surface area contributed by atoms with Crippen LogP contribution in [0, 0.1) is 0 Å². The SMILES string of the molecule is COCC(O)CCNC(C)CC1CCCN1. The molecule has 0 spiro atoms. The molecule has 96 valence electrons. The van der Waals surface area contributed by atoms with Crippen LogP contribution in [0.2, 0.25) is 0 Å². The van der Waals surface area contributed by atoms with Crippen LogP contribution in [-0.2, 0) is 4.74 Å². The third kappa shape index (κ3) is 5.80. The van der Waals surface area contributed by atoms with E-state index in [1.165, 1.54) is 25.8 Å². The fourth-order valence-electron chi connectivity index (χ4n) is 2.24. The number of hydrogen-bond donors (Lipinski definition) is 3. The lowest BCUT2D eigenvalue weighted by Crippen LogP contribution is -2.35. The Labute approximate surface area is 98.8 Å². The first-order valence-electron chi connectivity index (χ1n) is 6.36. The minimum atomic E-state index is -0.339. The molecular weight excluding hydrogens is 204 g/mol. The molecule has 0 radical (unpaired) electrons. The number of ether oxygens (including phenoxy) is 1. The summed E-state index contributed by atoms with van der Waals surface area (Å²) in [5, 5.41) is 16.4. The Hall–Kier alpha value is -0.160. The van der Waals surface area contributed by atoms with Gasteiger partial charge in [-0.1, -0.05) is 0 Å². The van der Waals surface area contributed by atoms with E-state index in [0.29, 0.717) is 18.7 Å². The van der Waals surface area contributed by atoms with Crippen molar-refractivity contribution in [1.82, 2.24) is 10.6 Å². The Kier molecular flexibility index (Phi) is 6.96. The molecule has 1 aliphatic heterocycles. The lowest BCUT2D eigenvalue weighted by Gasteiger charge is -2.19. The molecule has 4 heteroatoms. The number of aliphatic hydroxyl groups excluding tert-OH is 1. The average Bonchev–Trinajstić information content (AvgIpc) is 2.70. The summed E-state index contributed by atoms with van der Waals surface area (Å²) in [6.45, 7) is 4.67. The lowest BCUT2D eigenvalue weighted by atomic mass is 10.1. The molecule has 0 aromatic heterocycles. The molecule has 1 heterocycles. The summed E-state index contributed by atoms with van der Waals surface area (Å²) >= 11 is 0. The summed E-state index contributed by atoms with van der Waals surface area (Å²) in [6.07, 6.45) is 4.22.